The van der Waals surface area contributed by atoms with Crippen molar-refractivity contribution in [3.8, 4) is 0 Å². The Morgan fingerprint density at radius 2 is 1.71 bits per heavy atom. The molecule has 5 nitrogen and oxygen atoms in total. The lowest BCUT2D eigenvalue weighted by molar-refractivity contribution is -0.140. The smallest absolute Gasteiger partial charge is 0.339 e. The standard InChI is InChI=1S/C27H34Cl2F4N4O/c1-34(2)10-5-11-35(3)17-26(38)37-15-20(19-7-9-22(28)23(29)13-19)25(16-37)36(4)14-18-6-8-21(24(30)12-18)27(31,32)33/h6-9,12-13,20,25H,5,10-11,14-17H2,1-4H3. The molecule has 38 heavy (non-hydrogen) atoms. The number of hydrogen-bond acceptors (Lipinski definition) is 4. The first-order chi connectivity index (χ1) is 17.8. The molecule has 1 saturated heterocycles. The van der Waals surface area contributed by atoms with Crippen LogP contribution in [0.3, 0.4) is 0 Å². The molecule has 3 rings (SSSR count). The fraction of sp³-hybridized carbons (Fsp3) is 0.519. The van der Waals surface area contributed by atoms with Gasteiger partial charge in [-0.15, -0.1) is 0 Å². The van der Waals surface area contributed by atoms with Gasteiger partial charge in [0, 0.05) is 31.6 Å². The molecule has 1 heterocycles. The topological polar surface area (TPSA) is 30.0 Å². The SMILES string of the molecule is CN(C)CCCN(C)CC(=O)N1CC(c2ccc(Cl)c(Cl)c2)C(N(C)Cc2ccc(C(F)(F)F)c(F)c2)C1. The molecule has 0 radical (unpaired) electrons. The molecule has 1 aliphatic rings. The van der Waals surface area contributed by atoms with Crippen molar-refractivity contribution in [3.05, 3.63) is 69.0 Å². The average molecular weight is 577 g/mol. The van der Waals surface area contributed by atoms with Gasteiger partial charge in [0.2, 0.25) is 5.91 Å². The Bertz CT molecular complexity index is 1110. The van der Waals surface area contributed by atoms with E-state index in [0.717, 1.165) is 37.2 Å². The largest absolute Gasteiger partial charge is 0.419 e. The summed E-state index contributed by atoms with van der Waals surface area (Å²) in [6, 6.07) is 8.19. The molecule has 1 amide bonds. The zero-order valence-corrected chi connectivity index (χ0v) is 23.5. The number of rotatable bonds is 10. The summed E-state index contributed by atoms with van der Waals surface area (Å²) in [5.41, 5.74) is 0.0331. The lowest BCUT2D eigenvalue weighted by atomic mass is 9.93. The summed E-state index contributed by atoms with van der Waals surface area (Å²) in [5, 5.41) is 0.826. The Kier molecular flexibility index (Phi) is 10.4. The van der Waals surface area contributed by atoms with Gasteiger partial charge in [-0.2, -0.15) is 13.2 Å². The Morgan fingerprint density at radius 3 is 2.32 bits per heavy atom. The molecule has 210 valence electrons. The van der Waals surface area contributed by atoms with Crippen LogP contribution in [0.15, 0.2) is 36.4 Å². The molecular weight excluding hydrogens is 543 g/mol. The van der Waals surface area contributed by atoms with Crippen molar-refractivity contribution in [1.82, 2.24) is 19.6 Å². The van der Waals surface area contributed by atoms with Crippen molar-refractivity contribution in [2.24, 2.45) is 0 Å². The number of halogens is 6. The van der Waals surface area contributed by atoms with Gasteiger partial charge in [0.05, 0.1) is 22.2 Å². The molecule has 2 unspecified atom stereocenters. The molecule has 0 spiro atoms. The molecule has 2 aromatic carbocycles. The van der Waals surface area contributed by atoms with Crippen molar-refractivity contribution in [2.45, 2.75) is 31.1 Å². The van der Waals surface area contributed by atoms with Crippen LogP contribution in [0, 0.1) is 5.82 Å². The van der Waals surface area contributed by atoms with Crippen LogP contribution in [0.5, 0.6) is 0 Å². The van der Waals surface area contributed by atoms with Crippen LogP contribution >= 0.6 is 23.2 Å². The van der Waals surface area contributed by atoms with E-state index in [9.17, 15) is 22.4 Å². The first kappa shape index (κ1) is 30.6. The number of carbonyl (C=O) groups excluding carboxylic acids is 1. The van der Waals surface area contributed by atoms with Crippen molar-refractivity contribution in [1.29, 1.82) is 0 Å². The summed E-state index contributed by atoms with van der Waals surface area (Å²) in [6.45, 7) is 3.09. The van der Waals surface area contributed by atoms with Gasteiger partial charge in [-0.3, -0.25) is 14.6 Å². The molecule has 0 saturated carbocycles. The second kappa shape index (κ2) is 13.0. The molecule has 2 atom stereocenters. The van der Waals surface area contributed by atoms with E-state index in [1.54, 1.807) is 12.1 Å². The van der Waals surface area contributed by atoms with Gasteiger partial charge >= 0.3 is 6.18 Å². The number of benzene rings is 2. The monoisotopic (exact) mass is 576 g/mol. The fourth-order valence-corrected chi connectivity index (χ4v) is 5.17. The summed E-state index contributed by atoms with van der Waals surface area (Å²) < 4.78 is 53.2. The highest BCUT2D eigenvalue weighted by molar-refractivity contribution is 6.42. The molecule has 1 aliphatic heterocycles. The van der Waals surface area contributed by atoms with Gasteiger partial charge in [0.25, 0.3) is 0 Å². The number of carbonyl (C=O) groups is 1. The number of nitrogens with zero attached hydrogens (tertiary/aromatic N) is 4. The number of hydrogen-bond donors (Lipinski definition) is 0. The molecule has 0 N–H and O–H groups in total. The third kappa shape index (κ3) is 8.05. The van der Waals surface area contributed by atoms with Crippen LogP contribution in [0.1, 0.15) is 29.0 Å². The third-order valence-corrected chi connectivity index (χ3v) is 7.64. The lowest BCUT2D eigenvalue weighted by Gasteiger charge is -2.29. The number of alkyl halides is 3. The van der Waals surface area contributed by atoms with Gasteiger partial charge in [0.15, 0.2) is 0 Å². The number of amides is 1. The predicted octanol–water partition coefficient (Wildman–Crippen LogP) is 5.46. The average Bonchev–Trinajstić information content (AvgIpc) is 3.26. The van der Waals surface area contributed by atoms with Gasteiger partial charge in [-0.05, 0) is 83.1 Å². The van der Waals surface area contributed by atoms with Gasteiger partial charge in [-0.25, -0.2) is 4.39 Å². The van der Waals surface area contributed by atoms with Crippen molar-refractivity contribution in [2.75, 3.05) is 60.9 Å². The van der Waals surface area contributed by atoms with Crippen LogP contribution in [0.4, 0.5) is 17.6 Å². The van der Waals surface area contributed by atoms with Gasteiger partial charge in [0.1, 0.15) is 5.82 Å². The highest BCUT2D eigenvalue weighted by Crippen LogP contribution is 2.36. The van der Waals surface area contributed by atoms with Crippen LogP contribution in [-0.2, 0) is 17.5 Å². The minimum Gasteiger partial charge on any atom is -0.339 e. The van der Waals surface area contributed by atoms with E-state index in [2.05, 4.69) is 4.90 Å². The highest BCUT2D eigenvalue weighted by Gasteiger charge is 2.39. The lowest BCUT2D eigenvalue weighted by Crippen LogP contribution is -2.41. The Labute approximate surface area is 231 Å². The van der Waals surface area contributed by atoms with E-state index in [4.69, 9.17) is 23.2 Å². The normalized spacial score (nSPS) is 18.3. The predicted molar refractivity (Wildman–Crippen MR) is 143 cm³/mol. The van der Waals surface area contributed by atoms with E-state index in [-0.39, 0.29) is 31.0 Å². The van der Waals surface area contributed by atoms with Gasteiger partial charge < -0.3 is 9.80 Å². The van der Waals surface area contributed by atoms with Gasteiger partial charge in [-0.1, -0.05) is 35.3 Å². The number of likely N-dealkylation sites (tertiary alicyclic amines) is 1. The molecule has 11 heteroatoms. The van der Waals surface area contributed by atoms with Crippen LogP contribution in [-0.4, -0.2) is 92.5 Å². The maximum Gasteiger partial charge on any atom is 0.419 e. The maximum atomic E-state index is 14.2. The van der Waals surface area contributed by atoms with E-state index < -0.39 is 17.6 Å². The third-order valence-electron chi connectivity index (χ3n) is 6.90. The van der Waals surface area contributed by atoms with Crippen molar-refractivity contribution >= 4 is 29.1 Å². The van der Waals surface area contributed by atoms with E-state index in [1.807, 2.05) is 49.0 Å². The van der Waals surface area contributed by atoms with E-state index in [0.29, 0.717) is 28.7 Å². The molecule has 0 aliphatic carbocycles. The number of likely N-dealkylation sites (N-methyl/N-ethyl adjacent to an activating group) is 2. The molecular formula is C27H34Cl2F4N4O. The summed E-state index contributed by atoms with van der Waals surface area (Å²) in [4.78, 5) is 21.1. The Morgan fingerprint density at radius 1 is 1.00 bits per heavy atom. The Hall–Kier alpha value is -1.91. The maximum absolute atomic E-state index is 14.2. The summed E-state index contributed by atoms with van der Waals surface area (Å²) in [7, 11) is 7.76. The summed E-state index contributed by atoms with van der Waals surface area (Å²) in [6.07, 6.45) is -3.81. The minimum atomic E-state index is -4.75. The summed E-state index contributed by atoms with van der Waals surface area (Å²) in [5.74, 6) is -1.42. The highest BCUT2D eigenvalue weighted by atomic mass is 35.5. The van der Waals surface area contributed by atoms with E-state index >= 15 is 0 Å². The zero-order chi connectivity index (χ0) is 28.2. The second-order valence-corrected chi connectivity index (χ2v) is 11.1. The van der Waals surface area contributed by atoms with Crippen LogP contribution in [0.2, 0.25) is 10.0 Å². The first-order valence-corrected chi connectivity index (χ1v) is 13.1. The fourth-order valence-electron chi connectivity index (χ4n) is 4.87. The van der Waals surface area contributed by atoms with Crippen molar-refractivity contribution < 1.29 is 22.4 Å². The summed E-state index contributed by atoms with van der Waals surface area (Å²) >= 11 is 12.4. The second-order valence-electron chi connectivity index (χ2n) is 10.3. The first-order valence-electron chi connectivity index (χ1n) is 12.4. The molecule has 0 aromatic heterocycles. The molecule has 0 bridgehead atoms. The van der Waals surface area contributed by atoms with Crippen LogP contribution < -0.4 is 0 Å². The molecule has 1 fully saturated rings. The molecule has 2 aromatic rings. The van der Waals surface area contributed by atoms with Crippen LogP contribution in [0.25, 0.3) is 0 Å². The minimum absolute atomic E-state index is 0.00103. The zero-order valence-electron chi connectivity index (χ0n) is 22.0. The Balaban J connectivity index is 1.77. The quantitative estimate of drug-likeness (QED) is 0.351. The van der Waals surface area contributed by atoms with Crippen molar-refractivity contribution in [3.63, 3.8) is 0 Å². The van der Waals surface area contributed by atoms with E-state index in [1.165, 1.54) is 6.07 Å².